The Morgan fingerprint density at radius 1 is 0.971 bits per heavy atom. The minimum absolute atomic E-state index is 0.00909. The molecule has 180 valence electrons. The number of H-pyrrole nitrogens is 1. The summed E-state index contributed by atoms with van der Waals surface area (Å²) in [4.78, 5) is 34.9. The van der Waals surface area contributed by atoms with Crippen molar-refractivity contribution in [3.8, 4) is 11.5 Å². The predicted molar refractivity (Wildman–Crippen MR) is 131 cm³/mol. The Hall–Kier alpha value is -3.19. The number of carbonyl (C=O) groups excluding carboxylic acids is 2. The lowest BCUT2D eigenvalue weighted by Crippen LogP contribution is -2.65. The smallest absolute Gasteiger partial charge is 0.246 e. The Balaban J connectivity index is 1.38. The molecule has 1 N–H and O–H groups in total. The Labute approximate surface area is 207 Å². The lowest BCUT2D eigenvalue weighted by Gasteiger charge is -2.49. The minimum atomic E-state index is -0.543. The molecule has 7 nitrogen and oxygen atoms in total. The number of aromatic amines is 1. The van der Waals surface area contributed by atoms with Gasteiger partial charge in [0.1, 0.15) is 12.6 Å². The Morgan fingerprint density at radius 3 is 2.66 bits per heavy atom. The average Bonchev–Trinajstić information content (AvgIpc) is 3.49. The van der Waals surface area contributed by atoms with Crippen molar-refractivity contribution >= 4 is 34.3 Å². The second-order valence-electron chi connectivity index (χ2n) is 10.0. The standard InChI is InChI=1S/C27H26ClN3O4/c28-16-7-8-20-18(11-16)19-12-21-27(33)30(17-4-2-1-3-5-17)13-24(32)31(21)26(25(19)29-20)15-6-9-22-23(10-15)35-14-34-22/h6-11,17,21,26,29H,1-5,12-14H2. The van der Waals surface area contributed by atoms with Crippen LogP contribution in [0.5, 0.6) is 11.5 Å². The molecule has 2 atom stereocenters. The van der Waals surface area contributed by atoms with E-state index in [0.717, 1.165) is 53.4 Å². The number of ether oxygens (including phenoxy) is 2. The quantitative estimate of drug-likeness (QED) is 0.570. The summed E-state index contributed by atoms with van der Waals surface area (Å²) in [7, 11) is 0. The van der Waals surface area contributed by atoms with E-state index in [1.54, 1.807) is 4.90 Å². The van der Waals surface area contributed by atoms with Gasteiger partial charge in [-0.05, 0) is 54.3 Å². The van der Waals surface area contributed by atoms with Crippen molar-refractivity contribution in [2.24, 2.45) is 0 Å². The number of aromatic nitrogens is 1. The lowest BCUT2D eigenvalue weighted by atomic mass is 9.85. The van der Waals surface area contributed by atoms with Crippen LogP contribution in [0.1, 0.15) is 55.0 Å². The fraction of sp³-hybridized carbons (Fsp3) is 0.407. The van der Waals surface area contributed by atoms with Gasteiger partial charge in [0.2, 0.25) is 18.6 Å². The number of hydrogen-bond donors (Lipinski definition) is 1. The fourth-order valence-corrected chi connectivity index (χ4v) is 6.61. The van der Waals surface area contributed by atoms with Crippen LogP contribution in [0.25, 0.3) is 10.9 Å². The fourth-order valence-electron chi connectivity index (χ4n) is 6.44. The van der Waals surface area contributed by atoms with Crippen LogP contribution in [0.2, 0.25) is 5.02 Å². The number of nitrogens with zero attached hydrogens (tertiary/aromatic N) is 2. The third kappa shape index (κ3) is 3.24. The third-order valence-electron chi connectivity index (χ3n) is 8.08. The zero-order valence-corrected chi connectivity index (χ0v) is 20.0. The molecule has 0 bridgehead atoms. The Bertz CT molecular complexity index is 1360. The van der Waals surface area contributed by atoms with Crippen molar-refractivity contribution in [2.45, 2.75) is 56.7 Å². The van der Waals surface area contributed by atoms with Crippen LogP contribution in [-0.4, -0.2) is 52.0 Å². The topological polar surface area (TPSA) is 74.9 Å². The molecule has 35 heavy (non-hydrogen) atoms. The van der Waals surface area contributed by atoms with E-state index < -0.39 is 12.1 Å². The number of fused-ring (bicyclic) bond motifs is 5. The van der Waals surface area contributed by atoms with Gasteiger partial charge in [-0.1, -0.05) is 36.9 Å². The predicted octanol–water partition coefficient (Wildman–Crippen LogP) is 4.57. The number of benzene rings is 2. The molecule has 2 amide bonds. The molecule has 2 aromatic carbocycles. The molecule has 4 aliphatic rings. The SMILES string of the molecule is O=C1C2Cc3c([nH]c4ccc(Cl)cc34)C(c3ccc4c(c3)OCO4)N2C(=O)CN1C1CCCCC1. The van der Waals surface area contributed by atoms with E-state index in [2.05, 4.69) is 4.98 Å². The summed E-state index contributed by atoms with van der Waals surface area (Å²) >= 11 is 6.37. The third-order valence-corrected chi connectivity index (χ3v) is 8.31. The highest BCUT2D eigenvalue weighted by molar-refractivity contribution is 6.31. The molecule has 4 heterocycles. The minimum Gasteiger partial charge on any atom is -0.454 e. The normalized spacial score (nSPS) is 24.1. The number of nitrogens with one attached hydrogen (secondary N) is 1. The van der Waals surface area contributed by atoms with Gasteiger partial charge >= 0.3 is 0 Å². The second-order valence-corrected chi connectivity index (χ2v) is 10.4. The highest BCUT2D eigenvalue weighted by Crippen LogP contribution is 2.45. The summed E-state index contributed by atoms with van der Waals surface area (Å²) in [6.07, 6.45) is 5.86. The molecule has 2 unspecified atom stereocenters. The first-order chi connectivity index (χ1) is 17.1. The molecule has 1 saturated carbocycles. The average molecular weight is 492 g/mol. The first-order valence-electron chi connectivity index (χ1n) is 12.4. The molecule has 0 spiro atoms. The van der Waals surface area contributed by atoms with Crippen LogP contribution in [0.3, 0.4) is 0 Å². The van der Waals surface area contributed by atoms with Gasteiger partial charge in [-0.15, -0.1) is 0 Å². The van der Waals surface area contributed by atoms with Crippen molar-refractivity contribution in [2.75, 3.05) is 13.3 Å². The molecular weight excluding hydrogens is 466 g/mol. The van der Waals surface area contributed by atoms with Gasteiger partial charge in [-0.2, -0.15) is 0 Å². The van der Waals surface area contributed by atoms with Crippen molar-refractivity contribution < 1.29 is 19.1 Å². The van der Waals surface area contributed by atoms with E-state index in [9.17, 15) is 9.59 Å². The maximum absolute atomic E-state index is 14.0. The van der Waals surface area contributed by atoms with E-state index in [1.165, 1.54) is 6.42 Å². The van der Waals surface area contributed by atoms with Gasteiger partial charge in [0.25, 0.3) is 0 Å². The zero-order chi connectivity index (χ0) is 23.7. The molecule has 3 aromatic rings. The second kappa shape index (κ2) is 7.92. The summed E-state index contributed by atoms with van der Waals surface area (Å²) < 4.78 is 11.2. The number of halogens is 1. The van der Waals surface area contributed by atoms with Gasteiger partial charge in [0.15, 0.2) is 11.5 Å². The van der Waals surface area contributed by atoms with Gasteiger partial charge in [-0.3, -0.25) is 9.59 Å². The molecule has 0 radical (unpaired) electrons. The van der Waals surface area contributed by atoms with E-state index in [-0.39, 0.29) is 31.2 Å². The van der Waals surface area contributed by atoms with Crippen molar-refractivity contribution in [3.05, 3.63) is 58.2 Å². The monoisotopic (exact) mass is 491 g/mol. The highest BCUT2D eigenvalue weighted by atomic mass is 35.5. The summed E-state index contributed by atoms with van der Waals surface area (Å²) in [6, 6.07) is 10.7. The molecule has 8 heteroatoms. The van der Waals surface area contributed by atoms with E-state index >= 15 is 0 Å². The van der Waals surface area contributed by atoms with Gasteiger partial charge in [-0.25, -0.2) is 0 Å². The molecule has 1 aliphatic carbocycles. The summed E-state index contributed by atoms with van der Waals surface area (Å²) in [6.45, 7) is 0.322. The van der Waals surface area contributed by atoms with E-state index in [1.807, 2.05) is 41.3 Å². The molecule has 7 rings (SSSR count). The van der Waals surface area contributed by atoms with E-state index in [4.69, 9.17) is 21.1 Å². The maximum Gasteiger partial charge on any atom is 0.246 e. The number of hydrogen-bond acceptors (Lipinski definition) is 4. The number of amides is 2. The Morgan fingerprint density at radius 2 is 1.80 bits per heavy atom. The van der Waals surface area contributed by atoms with Crippen LogP contribution < -0.4 is 9.47 Å². The van der Waals surface area contributed by atoms with Crippen LogP contribution >= 0.6 is 11.6 Å². The first kappa shape index (κ1) is 21.1. The van der Waals surface area contributed by atoms with Crippen LogP contribution in [-0.2, 0) is 16.0 Å². The van der Waals surface area contributed by atoms with Crippen LogP contribution in [0.15, 0.2) is 36.4 Å². The largest absolute Gasteiger partial charge is 0.454 e. The molecule has 3 aliphatic heterocycles. The molecular formula is C27H26ClN3O4. The summed E-state index contributed by atoms with van der Waals surface area (Å²) in [5.74, 6) is 1.40. The Kier molecular flexibility index (Phi) is 4.78. The number of carbonyl (C=O) groups is 2. The molecule has 1 saturated heterocycles. The van der Waals surface area contributed by atoms with Crippen molar-refractivity contribution in [1.29, 1.82) is 0 Å². The van der Waals surface area contributed by atoms with Crippen molar-refractivity contribution in [3.63, 3.8) is 0 Å². The molecule has 2 fully saturated rings. The van der Waals surface area contributed by atoms with Gasteiger partial charge < -0.3 is 24.3 Å². The van der Waals surface area contributed by atoms with Crippen LogP contribution in [0, 0.1) is 0 Å². The summed E-state index contributed by atoms with van der Waals surface area (Å²) in [5.41, 5.74) is 3.84. The van der Waals surface area contributed by atoms with E-state index in [0.29, 0.717) is 22.9 Å². The lowest BCUT2D eigenvalue weighted by molar-refractivity contribution is -0.161. The maximum atomic E-state index is 14.0. The summed E-state index contributed by atoms with van der Waals surface area (Å²) in [5, 5.41) is 1.66. The van der Waals surface area contributed by atoms with Gasteiger partial charge in [0, 0.05) is 34.1 Å². The first-order valence-corrected chi connectivity index (χ1v) is 12.8. The number of rotatable bonds is 2. The van der Waals surface area contributed by atoms with Gasteiger partial charge in [0.05, 0.1) is 6.04 Å². The van der Waals surface area contributed by atoms with Crippen molar-refractivity contribution in [1.82, 2.24) is 14.8 Å². The number of piperazine rings is 1. The van der Waals surface area contributed by atoms with Crippen LogP contribution in [0.4, 0.5) is 0 Å². The molecule has 1 aromatic heterocycles. The zero-order valence-electron chi connectivity index (χ0n) is 19.3. The highest BCUT2D eigenvalue weighted by Gasteiger charge is 2.49.